The van der Waals surface area contributed by atoms with E-state index in [-0.39, 0.29) is 12.1 Å². The van der Waals surface area contributed by atoms with Gasteiger partial charge in [-0.3, -0.25) is 5.10 Å². The highest BCUT2D eigenvalue weighted by Crippen LogP contribution is 2.21. The van der Waals surface area contributed by atoms with Crippen LogP contribution in [0, 0.1) is 0 Å². The Kier molecular flexibility index (Phi) is 4.09. The Bertz CT molecular complexity index is 405. The van der Waals surface area contributed by atoms with Gasteiger partial charge in [0.25, 0.3) is 0 Å². The number of nitrogens with one attached hydrogen (secondary N) is 3. The fraction of sp³-hybridized carbons (Fsp3) is 0.692. The molecule has 1 aliphatic rings. The molecule has 1 aliphatic carbocycles. The number of rotatable bonds is 4. The molecule has 1 saturated carbocycles. The van der Waals surface area contributed by atoms with E-state index in [9.17, 15) is 4.79 Å². The van der Waals surface area contributed by atoms with Crippen LogP contribution in [0.5, 0.6) is 0 Å². The molecular formula is C13H22N4O2. The number of alkyl carbamates (subject to hydrolysis) is 1. The van der Waals surface area contributed by atoms with Crippen LogP contribution >= 0.6 is 0 Å². The van der Waals surface area contributed by atoms with Crippen molar-refractivity contribution in [2.75, 3.05) is 0 Å². The first-order valence-corrected chi connectivity index (χ1v) is 6.63. The highest BCUT2D eigenvalue weighted by Gasteiger charge is 2.31. The van der Waals surface area contributed by atoms with E-state index >= 15 is 0 Å². The molecule has 1 aromatic heterocycles. The molecule has 6 nitrogen and oxygen atoms in total. The van der Waals surface area contributed by atoms with E-state index in [0.29, 0.717) is 6.04 Å². The van der Waals surface area contributed by atoms with E-state index in [4.69, 9.17) is 4.74 Å². The molecule has 0 saturated heterocycles. The Balaban J connectivity index is 1.60. The summed E-state index contributed by atoms with van der Waals surface area (Å²) in [4.78, 5) is 11.5. The van der Waals surface area contributed by atoms with Crippen LogP contribution in [0.4, 0.5) is 4.79 Å². The van der Waals surface area contributed by atoms with Crippen molar-refractivity contribution in [2.45, 2.75) is 57.8 Å². The highest BCUT2D eigenvalue weighted by molar-refractivity contribution is 5.68. The topological polar surface area (TPSA) is 79.0 Å². The first-order valence-electron chi connectivity index (χ1n) is 6.63. The second-order valence-electron chi connectivity index (χ2n) is 5.97. The van der Waals surface area contributed by atoms with Crippen LogP contribution in [0.3, 0.4) is 0 Å². The number of ether oxygens (including phenoxy) is 1. The van der Waals surface area contributed by atoms with Gasteiger partial charge in [0.15, 0.2) is 0 Å². The highest BCUT2D eigenvalue weighted by atomic mass is 16.6. The van der Waals surface area contributed by atoms with Crippen LogP contribution in [0.25, 0.3) is 0 Å². The number of carbonyl (C=O) groups excluding carboxylic acids is 1. The molecule has 1 heterocycles. The smallest absolute Gasteiger partial charge is 0.407 e. The summed E-state index contributed by atoms with van der Waals surface area (Å²) >= 11 is 0. The average molecular weight is 266 g/mol. The summed E-state index contributed by atoms with van der Waals surface area (Å²) in [5, 5.41) is 13.1. The Morgan fingerprint density at radius 2 is 2.21 bits per heavy atom. The maximum Gasteiger partial charge on any atom is 0.407 e. The minimum Gasteiger partial charge on any atom is -0.444 e. The molecular weight excluding hydrogens is 244 g/mol. The van der Waals surface area contributed by atoms with Crippen LogP contribution in [0.2, 0.25) is 0 Å². The number of carbonyl (C=O) groups is 1. The predicted molar refractivity (Wildman–Crippen MR) is 71.6 cm³/mol. The van der Waals surface area contributed by atoms with Crippen LogP contribution in [-0.2, 0) is 11.3 Å². The number of amides is 1. The largest absolute Gasteiger partial charge is 0.444 e. The zero-order valence-electron chi connectivity index (χ0n) is 11.7. The molecule has 2 rings (SSSR count). The number of hydrogen-bond donors (Lipinski definition) is 3. The third kappa shape index (κ3) is 4.55. The van der Waals surface area contributed by atoms with Crippen molar-refractivity contribution in [3.63, 3.8) is 0 Å². The van der Waals surface area contributed by atoms with Gasteiger partial charge in [0.2, 0.25) is 0 Å². The summed E-state index contributed by atoms with van der Waals surface area (Å²) in [6, 6.07) is 2.61. The second kappa shape index (κ2) is 5.61. The normalized spacial score (nSPS) is 22.7. The standard InChI is InChI=1S/C13H22N4O2/c1-13(2,3)19-12(18)16-11-6-10(7-11)14-8-9-4-5-15-17-9/h4-5,10-11,14H,6-8H2,1-3H3,(H,15,17)(H,16,18). The number of nitrogens with zero attached hydrogens (tertiary/aromatic N) is 1. The van der Waals surface area contributed by atoms with Crippen molar-refractivity contribution in [2.24, 2.45) is 0 Å². The fourth-order valence-electron chi connectivity index (χ4n) is 2.01. The van der Waals surface area contributed by atoms with Gasteiger partial charge >= 0.3 is 6.09 Å². The lowest BCUT2D eigenvalue weighted by Gasteiger charge is -2.36. The molecule has 0 aliphatic heterocycles. The number of aromatic nitrogens is 2. The van der Waals surface area contributed by atoms with Gasteiger partial charge in [0, 0.05) is 30.5 Å². The SMILES string of the molecule is CC(C)(C)OC(=O)NC1CC(NCc2ccn[nH]2)C1. The van der Waals surface area contributed by atoms with Gasteiger partial charge < -0.3 is 15.4 Å². The molecule has 0 spiro atoms. The van der Waals surface area contributed by atoms with Gasteiger partial charge in [0.05, 0.1) is 0 Å². The van der Waals surface area contributed by atoms with Crippen molar-refractivity contribution in [1.29, 1.82) is 0 Å². The molecule has 0 bridgehead atoms. The van der Waals surface area contributed by atoms with Gasteiger partial charge in [0.1, 0.15) is 5.60 Å². The predicted octanol–water partition coefficient (Wildman–Crippen LogP) is 1.56. The molecule has 1 amide bonds. The maximum atomic E-state index is 11.5. The molecule has 0 aromatic carbocycles. The van der Waals surface area contributed by atoms with Crippen LogP contribution in [0.15, 0.2) is 12.3 Å². The van der Waals surface area contributed by atoms with Crippen LogP contribution < -0.4 is 10.6 Å². The van der Waals surface area contributed by atoms with Crippen molar-refractivity contribution in [1.82, 2.24) is 20.8 Å². The molecule has 0 atom stereocenters. The number of H-pyrrole nitrogens is 1. The lowest BCUT2D eigenvalue weighted by atomic mass is 9.87. The van der Waals surface area contributed by atoms with E-state index in [0.717, 1.165) is 25.1 Å². The quantitative estimate of drug-likeness (QED) is 0.772. The van der Waals surface area contributed by atoms with Gasteiger partial charge in [-0.05, 0) is 39.7 Å². The minimum atomic E-state index is -0.438. The van der Waals surface area contributed by atoms with E-state index in [1.54, 1.807) is 6.20 Å². The Morgan fingerprint density at radius 1 is 1.47 bits per heavy atom. The van der Waals surface area contributed by atoms with Crippen LogP contribution in [-0.4, -0.2) is 34.0 Å². The number of hydrogen-bond acceptors (Lipinski definition) is 4. The minimum absolute atomic E-state index is 0.217. The lowest BCUT2D eigenvalue weighted by molar-refractivity contribution is 0.0465. The molecule has 1 aromatic rings. The average Bonchev–Trinajstić information content (AvgIpc) is 2.71. The third-order valence-electron chi connectivity index (χ3n) is 3.00. The summed E-state index contributed by atoms with van der Waals surface area (Å²) in [5.41, 5.74) is 0.634. The van der Waals surface area contributed by atoms with E-state index in [1.165, 1.54) is 0 Å². The summed E-state index contributed by atoms with van der Waals surface area (Å²) in [6.45, 7) is 6.37. The molecule has 106 valence electrons. The maximum absolute atomic E-state index is 11.5. The van der Waals surface area contributed by atoms with E-state index < -0.39 is 5.60 Å². The first-order chi connectivity index (χ1) is 8.92. The summed E-state index contributed by atoms with van der Waals surface area (Å²) in [6.07, 6.45) is 3.29. The molecule has 0 unspecified atom stereocenters. The van der Waals surface area contributed by atoms with Gasteiger partial charge in [-0.25, -0.2) is 4.79 Å². The van der Waals surface area contributed by atoms with E-state index in [2.05, 4.69) is 20.8 Å². The molecule has 1 fully saturated rings. The van der Waals surface area contributed by atoms with Crippen molar-refractivity contribution < 1.29 is 9.53 Å². The lowest BCUT2D eigenvalue weighted by Crippen LogP contribution is -2.53. The third-order valence-corrected chi connectivity index (χ3v) is 3.00. The molecule has 3 N–H and O–H groups in total. The van der Waals surface area contributed by atoms with E-state index in [1.807, 2.05) is 26.8 Å². The Labute approximate surface area is 113 Å². The first kappa shape index (κ1) is 13.9. The number of aromatic amines is 1. The molecule has 19 heavy (non-hydrogen) atoms. The second-order valence-corrected chi connectivity index (χ2v) is 5.97. The molecule has 6 heteroatoms. The van der Waals surface area contributed by atoms with Gasteiger partial charge in [-0.1, -0.05) is 0 Å². The summed E-state index contributed by atoms with van der Waals surface area (Å²) in [7, 11) is 0. The van der Waals surface area contributed by atoms with Crippen molar-refractivity contribution in [3.8, 4) is 0 Å². The van der Waals surface area contributed by atoms with Gasteiger partial charge in [-0.2, -0.15) is 5.10 Å². The van der Waals surface area contributed by atoms with Crippen molar-refractivity contribution in [3.05, 3.63) is 18.0 Å². The van der Waals surface area contributed by atoms with Crippen LogP contribution in [0.1, 0.15) is 39.3 Å². The summed E-state index contributed by atoms with van der Waals surface area (Å²) < 4.78 is 5.21. The fourth-order valence-corrected chi connectivity index (χ4v) is 2.01. The summed E-state index contributed by atoms with van der Waals surface area (Å²) in [5.74, 6) is 0. The zero-order valence-corrected chi connectivity index (χ0v) is 11.7. The van der Waals surface area contributed by atoms with Crippen molar-refractivity contribution >= 4 is 6.09 Å². The Morgan fingerprint density at radius 3 is 2.79 bits per heavy atom. The Hall–Kier alpha value is -1.56. The molecule has 0 radical (unpaired) electrons. The van der Waals surface area contributed by atoms with Gasteiger partial charge in [-0.15, -0.1) is 0 Å². The monoisotopic (exact) mass is 266 g/mol. The zero-order chi connectivity index (χ0) is 13.9.